The van der Waals surface area contributed by atoms with E-state index in [9.17, 15) is 5.11 Å². The molecule has 0 bridgehead atoms. The normalized spacial score (nSPS) is 16.4. The van der Waals surface area contributed by atoms with Crippen molar-refractivity contribution < 1.29 is 5.11 Å². The molecule has 96 valence electrons. The van der Waals surface area contributed by atoms with Gasteiger partial charge in [-0.25, -0.2) is 4.68 Å². The Balaban J connectivity index is 1.78. The Hall–Kier alpha value is -0.660. The maximum absolute atomic E-state index is 9.65. The monoisotopic (exact) mass is 257 g/mol. The van der Waals surface area contributed by atoms with Gasteiger partial charge in [-0.1, -0.05) is 11.8 Å². The molecule has 1 heterocycles. The van der Waals surface area contributed by atoms with Crippen LogP contribution in [0.5, 0.6) is 0 Å². The van der Waals surface area contributed by atoms with E-state index in [1.54, 1.807) is 18.5 Å². The SMILES string of the molecule is CC(C)(O)CSc1nnnn1CCNC1CC1. The van der Waals surface area contributed by atoms with E-state index in [0.29, 0.717) is 11.8 Å². The lowest BCUT2D eigenvalue weighted by Gasteiger charge is -2.15. The van der Waals surface area contributed by atoms with Crippen LogP contribution in [-0.4, -0.2) is 49.3 Å². The van der Waals surface area contributed by atoms with Crippen LogP contribution in [0.1, 0.15) is 26.7 Å². The second kappa shape index (κ2) is 5.32. The van der Waals surface area contributed by atoms with E-state index in [0.717, 1.165) is 18.2 Å². The fourth-order valence-electron chi connectivity index (χ4n) is 1.34. The maximum Gasteiger partial charge on any atom is 0.209 e. The molecule has 0 unspecified atom stereocenters. The second-order valence-corrected chi connectivity index (χ2v) is 5.96. The number of nitrogens with zero attached hydrogens (tertiary/aromatic N) is 4. The van der Waals surface area contributed by atoms with E-state index in [1.165, 1.54) is 24.6 Å². The average molecular weight is 257 g/mol. The van der Waals surface area contributed by atoms with Crippen molar-refractivity contribution in [2.24, 2.45) is 0 Å². The van der Waals surface area contributed by atoms with Crippen LogP contribution in [0.4, 0.5) is 0 Å². The zero-order valence-corrected chi connectivity index (χ0v) is 11.1. The minimum Gasteiger partial charge on any atom is -0.390 e. The van der Waals surface area contributed by atoms with Crippen molar-refractivity contribution in [1.82, 2.24) is 25.5 Å². The molecular weight excluding hydrogens is 238 g/mol. The third-order valence-electron chi connectivity index (χ3n) is 2.39. The number of hydrogen-bond donors (Lipinski definition) is 2. The van der Waals surface area contributed by atoms with Crippen LogP contribution in [-0.2, 0) is 6.54 Å². The van der Waals surface area contributed by atoms with Crippen molar-refractivity contribution in [2.75, 3.05) is 12.3 Å². The minimum absolute atomic E-state index is 0.587. The number of aromatic nitrogens is 4. The van der Waals surface area contributed by atoms with Gasteiger partial charge in [-0.15, -0.1) is 5.10 Å². The molecule has 0 amide bonds. The highest BCUT2D eigenvalue weighted by Crippen LogP contribution is 2.20. The van der Waals surface area contributed by atoms with Crippen molar-refractivity contribution in [1.29, 1.82) is 0 Å². The van der Waals surface area contributed by atoms with Crippen LogP contribution in [0, 0.1) is 0 Å². The van der Waals surface area contributed by atoms with Gasteiger partial charge >= 0.3 is 0 Å². The van der Waals surface area contributed by atoms with Crippen LogP contribution < -0.4 is 5.32 Å². The summed E-state index contributed by atoms with van der Waals surface area (Å²) in [5.41, 5.74) is -0.701. The molecule has 0 atom stereocenters. The molecule has 2 rings (SSSR count). The number of thioether (sulfide) groups is 1. The first-order valence-electron chi connectivity index (χ1n) is 5.89. The van der Waals surface area contributed by atoms with Crippen LogP contribution in [0.2, 0.25) is 0 Å². The third kappa shape index (κ3) is 4.61. The summed E-state index contributed by atoms with van der Waals surface area (Å²) in [4.78, 5) is 0. The summed E-state index contributed by atoms with van der Waals surface area (Å²) in [5.74, 6) is 0.587. The average Bonchev–Trinajstić information content (AvgIpc) is 2.93. The van der Waals surface area contributed by atoms with E-state index in [-0.39, 0.29) is 0 Å². The Morgan fingerprint density at radius 2 is 2.29 bits per heavy atom. The summed E-state index contributed by atoms with van der Waals surface area (Å²) in [6.07, 6.45) is 2.58. The summed E-state index contributed by atoms with van der Waals surface area (Å²) in [5, 5.41) is 25.4. The zero-order chi connectivity index (χ0) is 12.3. The molecule has 6 nitrogen and oxygen atoms in total. The van der Waals surface area contributed by atoms with Gasteiger partial charge in [0, 0.05) is 18.3 Å². The first kappa shape index (κ1) is 12.8. The van der Waals surface area contributed by atoms with Gasteiger partial charge in [0.05, 0.1) is 12.1 Å². The lowest BCUT2D eigenvalue weighted by molar-refractivity contribution is 0.107. The van der Waals surface area contributed by atoms with Gasteiger partial charge in [0.15, 0.2) is 0 Å². The van der Waals surface area contributed by atoms with Gasteiger partial charge < -0.3 is 10.4 Å². The van der Waals surface area contributed by atoms with Crippen molar-refractivity contribution in [3.8, 4) is 0 Å². The van der Waals surface area contributed by atoms with Gasteiger partial charge in [0.1, 0.15) is 0 Å². The number of aliphatic hydroxyl groups is 1. The van der Waals surface area contributed by atoms with Gasteiger partial charge in [-0.05, 0) is 37.1 Å². The Labute approximate surface area is 105 Å². The molecule has 1 saturated carbocycles. The number of tetrazole rings is 1. The van der Waals surface area contributed by atoms with E-state index >= 15 is 0 Å². The molecule has 0 aromatic carbocycles. The van der Waals surface area contributed by atoms with Gasteiger partial charge in [-0.2, -0.15) is 0 Å². The summed E-state index contributed by atoms with van der Waals surface area (Å²) in [7, 11) is 0. The van der Waals surface area contributed by atoms with Crippen LogP contribution >= 0.6 is 11.8 Å². The highest BCUT2D eigenvalue weighted by molar-refractivity contribution is 7.99. The molecule has 0 radical (unpaired) electrons. The van der Waals surface area contributed by atoms with Crippen molar-refractivity contribution in [3.63, 3.8) is 0 Å². The standard InChI is InChI=1S/C10H19N5OS/c1-10(2,16)7-17-9-12-13-14-15(9)6-5-11-8-3-4-8/h8,11,16H,3-7H2,1-2H3. The maximum atomic E-state index is 9.65. The van der Waals surface area contributed by atoms with Crippen molar-refractivity contribution >= 4 is 11.8 Å². The Bertz CT molecular complexity index is 358. The molecule has 0 saturated heterocycles. The van der Waals surface area contributed by atoms with E-state index in [2.05, 4.69) is 20.8 Å². The predicted octanol–water partition coefficient (Wildman–Crippen LogP) is 0.288. The molecule has 2 N–H and O–H groups in total. The molecule has 1 aromatic rings. The quantitative estimate of drug-likeness (QED) is 0.684. The number of nitrogens with one attached hydrogen (secondary N) is 1. The number of rotatable bonds is 7. The summed E-state index contributed by atoms with van der Waals surface area (Å²) in [6.45, 7) is 5.23. The highest BCUT2D eigenvalue weighted by atomic mass is 32.2. The summed E-state index contributed by atoms with van der Waals surface area (Å²) >= 11 is 1.48. The largest absolute Gasteiger partial charge is 0.390 e. The van der Waals surface area contributed by atoms with Crippen LogP contribution in [0.25, 0.3) is 0 Å². The van der Waals surface area contributed by atoms with Crippen molar-refractivity contribution in [2.45, 2.75) is 50.0 Å². The van der Waals surface area contributed by atoms with Gasteiger partial charge in [0.25, 0.3) is 0 Å². The first-order valence-corrected chi connectivity index (χ1v) is 6.88. The van der Waals surface area contributed by atoms with Crippen LogP contribution in [0.3, 0.4) is 0 Å². The first-order chi connectivity index (χ1) is 8.04. The molecule has 0 spiro atoms. The smallest absolute Gasteiger partial charge is 0.209 e. The second-order valence-electron chi connectivity index (χ2n) is 5.01. The molecule has 0 aliphatic heterocycles. The molecular formula is C10H19N5OS. The highest BCUT2D eigenvalue weighted by Gasteiger charge is 2.20. The molecule has 1 aromatic heterocycles. The topological polar surface area (TPSA) is 75.9 Å². The fraction of sp³-hybridized carbons (Fsp3) is 0.900. The van der Waals surface area contributed by atoms with E-state index in [1.807, 2.05) is 0 Å². The van der Waals surface area contributed by atoms with Crippen LogP contribution in [0.15, 0.2) is 5.16 Å². The third-order valence-corrected chi connectivity index (χ3v) is 3.79. The van der Waals surface area contributed by atoms with E-state index < -0.39 is 5.60 Å². The van der Waals surface area contributed by atoms with Gasteiger partial charge in [0.2, 0.25) is 5.16 Å². The molecule has 7 heteroatoms. The minimum atomic E-state index is -0.701. The Morgan fingerprint density at radius 3 is 2.94 bits per heavy atom. The molecule has 1 aliphatic carbocycles. The van der Waals surface area contributed by atoms with E-state index in [4.69, 9.17) is 0 Å². The molecule has 1 fully saturated rings. The Kier molecular flexibility index (Phi) is 4.01. The zero-order valence-electron chi connectivity index (χ0n) is 10.3. The fourth-order valence-corrected chi connectivity index (χ4v) is 2.20. The van der Waals surface area contributed by atoms with Gasteiger partial charge in [-0.3, -0.25) is 0 Å². The summed E-state index contributed by atoms with van der Waals surface area (Å²) < 4.78 is 1.78. The lowest BCUT2D eigenvalue weighted by Crippen LogP contribution is -2.24. The van der Waals surface area contributed by atoms with Crippen molar-refractivity contribution in [3.05, 3.63) is 0 Å². The molecule has 17 heavy (non-hydrogen) atoms. The number of hydrogen-bond acceptors (Lipinski definition) is 6. The summed E-state index contributed by atoms with van der Waals surface area (Å²) in [6, 6.07) is 0.707. The Morgan fingerprint density at radius 1 is 1.53 bits per heavy atom. The molecule has 1 aliphatic rings. The lowest BCUT2D eigenvalue weighted by atomic mass is 10.2. The predicted molar refractivity (Wildman–Crippen MR) is 65.9 cm³/mol.